The second-order valence-corrected chi connectivity index (χ2v) is 5.05. The van der Waals surface area contributed by atoms with E-state index < -0.39 is 36.0 Å². The molecule has 4 nitrogen and oxygen atoms in total. The maximum absolute atomic E-state index is 13.0. The maximum atomic E-state index is 13.0. The van der Waals surface area contributed by atoms with Crippen molar-refractivity contribution in [3.8, 4) is 0 Å². The average Bonchev–Trinajstić information content (AvgIpc) is 2.57. The first kappa shape index (κ1) is 18.4. The van der Waals surface area contributed by atoms with Crippen LogP contribution in [0.5, 0.6) is 0 Å². The van der Waals surface area contributed by atoms with Gasteiger partial charge in [0.05, 0.1) is 5.56 Å². The lowest BCUT2D eigenvalue weighted by molar-refractivity contribution is -0.143. The topological polar surface area (TPSA) is 55.4 Å². The standard InChI is InChI=1S/C17H13F4NO3/c18-14-3-1-2-11(8-14)10-25-15(23)9-22-16(24)12-4-6-13(7-5-12)17(19,20)21/h1-8H,9-10H2,(H,22,24). The quantitative estimate of drug-likeness (QED) is 0.661. The molecule has 0 unspecified atom stereocenters. The summed E-state index contributed by atoms with van der Waals surface area (Å²) in [6.07, 6.45) is -4.49. The van der Waals surface area contributed by atoms with Gasteiger partial charge in [0.1, 0.15) is 19.0 Å². The Hall–Kier alpha value is -2.90. The van der Waals surface area contributed by atoms with Crippen LogP contribution in [-0.2, 0) is 22.3 Å². The van der Waals surface area contributed by atoms with Crippen molar-refractivity contribution < 1.29 is 31.9 Å². The summed E-state index contributed by atoms with van der Waals surface area (Å²) in [7, 11) is 0. The molecule has 0 aliphatic heterocycles. The molecule has 1 amide bonds. The Balaban J connectivity index is 1.82. The molecule has 0 atom stereocenters. The van der Waals surface area contributed by atoms with Crippen LogP contribution in [0, 0.1) is 5.82 Å². The molecule has 0 bridgehead atoms. The van der Waals surface area contributed by atoms with E-state index in [2.05, 4.69) is 5.32 Å². The molecule has 132 valence electrons. The molecule has 25 heavy (non-hydrogen) atoms. The number of alkyl halides is 3. The molecule has 0 aliphatic carbocycles. The van der Waals surface area contributed by atoms with Crippen LogP contribution < -0.4 is 5.32 Å². The van der Waals surface area contributed by atoms with Gasteiger partial charge in [-0.3, -0.25) is 9.59 Å². The number of hydrogen-bond acceptors (Lipinski definition) is 3. The van der Waals surface area contributed by atoms with Gasteiger partial charge < -0.3 is 10.1 Å². The number of rotatable bonds is 5. The largest absolute Gasteiger partial charge is 0.460 e. The lowest BCUT2D eigenvalue weighted by Gasteiger charge is -2.09. The fraction of sp³-hybridized carbons (Fsp3) is 0.176. The van der Waals surface area contributed by atoms with Gasteiger partial charge in [-0.25, -0.2) is 4.39 Å². The Labute approximate surface area is 140 Å². The van der Waals surface area contributed by atoms with Crippen LogP contribution in [0.1, 0.15) is 21.5 Å². The normalized spacial score (nSPS) is 11.0. The van der Waals surface area contributed by atoms with Gasteiger partial charge in [0.15, 0.2) is 0 Å². The Morgan fingerprint density at radius 3 is 2.32 bits per heavy atom. The van der Waals surface area contributed by atoms with E-state index in [9.17, 15) is 27.2 Å². The number of ether oxygens (including phenoxy) is 1. The van der Waals surface area contributed by atoms with Crippen LogP contribution in [0.4, 0.5) is 17.6 Å². The minimum absolute atomic E-state index is 0.0223. The fourth-order valence-electron chi connectivity index (χ4n) is 1.91. The number of amides is 1. The Kier molecular flexibility index (Phi) is 5.74. The molecule has 2 aromatic carbocycles. The van der Waals surface area contributed by atoms with Gasteiger partial charge in [-0.05, 0) is 42.0 Å². The highest BCUT2D eigenvalue weighted by Crippen LogP contribution is 2.29. The molecule has 0 spiro atoms. The van der Waals surface area contributed by atoms with Crippen molar-refractivity contribution in [3.05, 3.63) is 71.0 Å². The number of nitrogens with one attached hydrogen (secondary N) is 1. The molecular formula is C17H13F4NO3. The summed E-state index contributed by atoms with van der Waals surface area (Å²) in [6.45, 7) is -0.623. The molecule has 0 radical (unpaired) electrons. The lowest BCUT2D eigenvalue weighted by Crippen LogP contribution is -2.30. The fourth-order valence-corrected chi connectivity index (χ4v) is 1.91. The maximum Gasteiger partial charge on any atom is 0.416 e. The zero-order chi connectivity index (χ0) is 18.4. The van der Waals surface area contributed by atoms with E-state index in [0.29, 0.717) is 5.56 Å². The van der Waals surface area contributed by atoms with Crippen LogP contribution in [0.15, 0.2) is 48.5 Å². The van der Waals surface area contributed by atoms with Gasteiger partial charge in [0.25, 0.3) is 5.91 Å². The highest BCUT2D eigenvalue weighted by atomic mass is 19.4. The Bertz CT molecular complexity index is 757. The van der Waals surface area contributed by atoms with Gasteiger partial charge in [-0.2, -0.15) is 13.2 Å². The molecule has 8 heteroatoms. The van der Waals surface area contributed by atoms with Gasteiger partial charge in [-0.15, -0.1) is 0 Å². The van der Waals surface area contributed by atoms with Gasteiger partial charge >= 0.3 is 12.1 Å². The molecule has 2 aromatic rings. The van der Waals surface area contributed by atoms with Crippen LogP contribution in [0.25, 0.3) is 0 Å². The molecule has 2 rings (SSSR count). The van der Waals surface area contributed by atoms with E-state index in [-0.39, 0.29) is 12.2 Å². The molecule has 0 fully saturated rings. The average molecular weight is 355 g/mol. The van der Waals surface area contributed by atoms with E-state index in [4.69, 9.17) is 4.74 Å². The monoisotopic (exact) mass is 355 g/mol. The SMILES string of the molecule is O=C(CNC(=O)c1ccc(C(F)(F)F)cc1)OCc1cccc(F)c1. The highest BCUT2D eigenvalue weighted by Gasteiger charge is 2.30. The molecular weight excluding hydrogens is 342 g/mol. The predicted molar refractivity (Wildman–Crippen MR) is 80.0 cm³/mol. The summed E-state index contributed by atoms with van der Waals surface area (Å²) >= 11 is 0. The van der Waals surface area contributed by atoms with Gasteiger partial charge in [-0.1, -0.05) is 12.1 Å². The van der Waals surface area contributed by atoms with E-state index in [1.165, 1.54) is 18.2 Å². The van der Waals surface area contributed by atoms with Crippen molar-refractivity contribution in [3.63, 3.8) is 0 Å². The molecule has 0 heterocycles. The number of esters is 1. The van der Waals surface area contributed by atoms with E-state index >= 15 is 0 Å². The second-order valence-electron chi connectivity index (χ2n) is 5.05. The first-order valence-electron chi connectivity index (χ1n) is 7.11. The molecule has 0 saturated carbocycles. The molecule has 0 saturated heterocycles. The zero-order valence-electron chi connectivity index (χ0n) is 12.8. The first-order chi connectivity index (χ1) is 11.8. The molecule has 1 N–H and O–H groups in total. The van der Waals surface area contributed by atoms with Crippen molar-refractivity contribution in [2.75, 3.05) is 6.54 Å². The summed E-state index contributed by atoms with van der Waals surface area (Å²) in [6, 6.07) is 9.05. The van der Waals surface area contributed by atoms with Crippen molar-refractivity contribution in [1.82, 2.24) is 5.32 Å². The molecule has 0 aliphatic rings. The second kappa shape index (κ2) is 7.78. The van der Waals surface area contributed by atoms with Crippen molar-refractivity contribution in [2.45, 2.75) is 12.8 Å². The third kappa shape index (κ3) is 5.59. The van der Waals surface area contributed by atoms with Crippen LogP contribution >= 0.6 is 0 Å². The van der Waals surface area contributed by atoms with E-state index in [1.807, 2.05) is 0 Å². The number of carbonyl (C=O) groups is 2. The smallest absolute Gasteiger partial charge is 0.416 e. The number of halogens is 4. The third-order valence-electron chi connectivity index (χ3n) is 3.16. The predicted octanol–water partition coefficient (Wildman–Crippen LogP) is 3.32. The zero-order valence-corrected chi connectivity index (χ0v) is 12.8. The first-order valence-corrected chi connectivity index (χ1v) is 7.11. The summed E-state index contributed by atoms with van der Waals surface area (Å²) in [4.78, 5) is 23.3. The van der Waals surface area contributed by atoms with Gasteiger partial charge in [0.2, 0.25) is 0 Å². The van der Waals surface area contributed by atoms with Crippen LogP contribution in [-0.4, -0.2) is 18.4 Å². The summed E-state index contributed by atoms with van der Waals surface area (Å²) in [5.74, 6) is -1.94. The Morgan fingerprint density at radius 1 is 1.04 bits per heavy atom. The van der Waals surface area contributed by atoms with Crippen molar-refractivity contribution >= 4 is 11.9 Å². The number of carbonyl (C=O) groups excluding carboxylic acids is 2. The summed E-state index contributed by atoms with van der Waals surface area (Å²) in [5, 5.41) is 2.24. The van der Waals surface area contributed by atoms with Crippen molar-refractivity contribution in [2.24, 2.45) is 0 Å². The van der Waals surface area contributed by atoms with Gasteiger partial charge in [0, 0.05) is 5.56 Å². The summed E-state index contributed by atoms with van der Waals surface area (Å²) < 4.78 is 55.1. The minimum Gasteiger partial charge on any atom is -0.460 e. The van der Waals surface area contributed by atoms with Crippen LogP contribution in [0.3, 0.4) is 0 Å². The lowest BCUT2D eigenvalue weighted by atomic mass is 10.1. The number of benzene rings is 2. The number of hydrogen-bond donors (Lipinski definition) is 1. The Morgan fingerprint density at radius 2 is 1.72 bits per heavy atom. The highest BCUT2D eigenvalue weighted by molar-refractivity contribution is 5.95. The molecule has 0 aromatic heterocycles. The van der Waals surface area contributed by atoms with Crippen LogP contribution in [0.2, 0.25) is 0 Å². The third-order valence-corrected chi connectivity index (χ3v) is 3.16. The van der Waals surface area contributed by atoms with Crippen molar-refractivity contribution in [1.29, 1.82) is 0 Å². The van der Waals surface area contributed by atoms with E-state index in [1.54, 1.807) is 6.07 Å². The van der Waals surface area contributed by atoms with E-state index in [0.717, 1.165) is 24.3 Å². The minimum atomic E-state index is -4.49. The summed E-state index contributed by atoms with van der Waals surface area (Å²) in [5.41, 5.74) is -0.452.